The smallest absolute Gasteiger partial charge is 0.274 e. The van der Waals surface area contributed by atoms with Crippen molar-refractivity contribution in [1.82, 2.24) is 14.9 Å². The lowest BCUT2D eigenvalue weighted by molar-refractivity contribution is 0.0751. The summed E-state index contributed by atoms with van der Waals surface area (Å²) in [6.07, 6.45) is 5.15. The van der Waals surface area contributed by atoms with Crippen molar-refractivity contribution in [2.75, 3.05) is 30.9 Å². The molecule has 1 atom stereocenters. The van der Waals surface area contributed by atoms with Crippen LogP contribution in [0.2, 0.25) is 0 Å². The van der Waals surface area contributed by atoms with Crippen LogP contribution in [0.25, 0.3) is 0 Å². The zero-order valence-corrected chi connectivity index (χ0v) is 12.1. The van der Waals surface area contributed by atoms with Crippen molar-refractivity contribution in [2.45, 2.75) is 19.9 Å². The Morgan fingerprint density at radius 3 is 2.89 bits per heavy atom. The molecule has 6 heteroatoms. The summed E-state index contributed by atoms with van der Waals surface area (Å²) in [6.45, 7) is 4.75. The standard InChI is InChI=1S/C12H20N4OS/c1-5-14-11-7-13-6-10(15-11)12(17)16(3)9(2)8-18-4/h6-7,9H,5,8H2,1-4H3,(H,14,15). The number of thioether (sulfide) groups is 1. The first kappa shape index (κ1) is 14.8. The molecule has 0 saturated heterocycles. The zero-order valence-electron chi connectivity index (χ0n) is 11.3. The van der Waals surface area contributed by atoms with Crippen LogP contribution >= 0.6 is 11.8 Å². The van der Waals surface area contributed by atoms with Gasteiger partial charge in [-0.2, -0.15) is 11.8 Å². The summed E-state index contributed by atoms with van der Waals surface area (Å²) < 4.78 is 0. The largest absolute Gasteiger partial charge is 0.369 e. The Morgan fingerprint density at radius 2 is 2.28 bits per heavy atom. The lowest BCUT2D eigenvalue weighted by atomic mass is 10.3. The highest BCUT2D eigenvalue weighted by molar-refractivity contribution is 7.98. The minimum absolute atomic E-state index is 0.0937. The van der Waals surface area contributed by atoms with E-state index in [4.69, 9.17) is 0 Å². The Hall–Kier alpha value is -1.30. The van der Waals surface area contributed by atoms with E-state index in [0.29, 0.717) is 11.5 Å². The molecule has 1 aromatic rings. The quantitative estimate of drug-likeness (QED) is 0.851. The first-order chi connectivity index (χ1) is 8.60. The highest BCUT2D eigenvalue weighted by Crippen LogP contribution is 2.09. The fourth-order valence-electron chi connectivity index (χ4n) is 1.47. The third kappa shape index (κ3) is 3.87. The summed E-state index contributed by atoms with van der Waals surface area (Å²) in [5.74, 6) is 1.45. The summed E-state index contributed by atoms with van der Waals surface area (Å²) in [4.78, 5) is 22.2. The van der Waals surface area contributed by atoms with Gasteiger partial charge in [-0.25, -0.2) is 4.98 Å². The lowest BCUT2D eigenvalue weighted by Crippen LogP contribution is -2.37. The van der Waals surface area contributed by atoms with Gasteiger partial charge < -0.3 is 10.2 Å². The fourth-order valence-corrected chi connectivity index (χ4v) is 2.18. The minimum Gasteiger partial charge on any atom is -0.369 e. The number of aromatic nitrogens is 2. The molecule has 1 amide bonds. The maximum atomic E-state index is 12.2. The molecule has 18 heavy (non-hydrogen) atoms. The highest BCUT2D eigenvalue weighted by atomic mass is 32.2. The predicted molar refractivity (Wildman–Crippen MR) is 76.1 cm³/mol. The molecule has 100 valence electrons. The van der Waals surface area contributed by atoms with Crippen LogP contribution in [0.4, 0.5) is 5.82 Å². The van der Waals surface area contributed by atoms with Crippen molar-refractivity contribution in [3.05, 3.63) is 18.1 Å². The number of anilines is 1. The number of amides is 1. The summed E-state index contributed by atoms with van der Waals surface area (Å²) in [5.41, 5.74) is 0.379. The van der Waals surface area contributed by atoms with Crippen LogP contribution in [0.5, 0.6) is 0 Å². The van der Waals surface area contributed by atoms with E-state index >= 15 is 0 Å². The molecule has 0 bridgehead atoms. The van der Waals surface area contributed by atoms with Crippen LogP contribution in [-0.4, -0.2) is 52.4 Å². The normalized spacial score (nSPS) is 12.0. The van der Waals surface area contributed by atoms with E-state index in [9.17, 15) is 4.79 Å². The SMILES string of the molecule is CCNc1cncc(C(=O)N(C)C(C)CSC)n1. The van der Waals surface area contributed by atoms with Crippen molar-refractivity contribution in [3.63, 3.8) is 0 Å². The first-order valence-electron chi connectivity index (χ1n) is 5.92. The van der Waals surface area contributed by atoms with Gasteiger partial charge in [0.1, 0.15) is 11.5 Å². The van der Waals surface area contributed by atoms with Gasteiger partial charge >= 0.3 is 0 Å². The van der Waals surface area contributed by atoms with Crippen molar-refractivity contribution in [3.8, 4) is 0 Å². The zero-order chi connectivity index (χ0) is 13.5. The number of nitrogens with one attached hydrogen (secondary N) is 1. The lowest BCUT2D eigenvalue weighted by Gasteiger charge is -2.23. The number of carbonyl (C=O) groups is 1. The van der Waals surface area contributed by atoms with Gasteiger partial charge in [0.25, 0.3) is 5.91 Å². The number of rotatable bonds is 6. The van der Waals surface area contributed by atoms with Gasteiger partial charge in [-0.15, -0.1) is 0 Å². The number of nitrogens with zero attached hydrogens (tertiary/aromatic N) is 3. The second-order valence-electron chi connectivity index (χ2n) is 4.04. The van der Waals surface area contributed by atoms with E-state index in [1.807, 2.05) is 20.1 Å². The van der Waals surface area contributed by atoms with E-state index < -0.39 is 0 Å². The molecule has 1 unspecified atom stereocenters. The van der Waals surface area contributed by atoms with Gasteiger partial charge in [-0.3, -0.25) is 9.78 Å². The summed E-state index contributed by atoms with van der Waals surface area (Å²) in [7, 11) is 1.80. The van der Waals surface area contributed by atoms with Crippen LogP contribution in [0.1, 0.15) is 24.3 Å². The molecule has 1 aromatic heterocycles. The predicted octanol–water partition coefficient (Wildman–Crippen LogP) is 1.73. The molecule has 0 saturated carbocycles. The molecule has 1 heterocycles. The molecule has 5 nitrogen and oxygen atoms in total. The Labute approximate surface area is 112 Å². The van der Waals surface area contributed by atoms with Gasteiger partial charge in [0, 0.05) is 25.4 Å². The topological polar surface area (TPSA) is 58.1 Å². The molecule has 0 radical (unpaired) electrons. The molecule has 1 N–H and O–H groups in total. The number of hydrogen-bond acceptors (Lipinski definition) is 5. The van der Waals surface area contributed by atoms with Crippen molar-refractivity contribution < 1.29 is 4.79 Å². The third-order valence-corrected chi connectivity index (χ3v) is 3.42. The molecule has 0 aliphatic rings. The molecule has 0 aromatic carbocycles. The van der Waals surface area contributed by atoms with Gasteiger partial charge in [0.15, 0.2) is 0 Å². The van der Waals surface area contributed by atoms with Gasteiger partial charge in [0.2, 0.25) is 0 Å². The Morgan fingerprint density at radius 1 is 1.56 bits per heavy atom. The van der Waals surface area contributed by atoms with E-state index in [-0.39, 0.29) is 11.9 Å². The van der Waals surface area contributed by atoms with Crippen LogP contribution in [0.3, 0.4) is 0 Å². The summed E-state index contributed by atoms with van der Waals surface area (Å²) in [5, 5.41) is 3.05. The van der Waals surface area contributed by atoms with Crippen LogP contribution in [0, 0.1) is 0 Å². The van der Waals surface area contributed by atoms with E-state index in [0.717, 1.165) is 12.3 Å². The molecule has 0 fully saturated rings. The highest BCUT2D eigenvalue weighted by Gasteiger charge is 2.18. The Kier molecular flexibility index (Phi) is 5.91. The second kappa shape index (κ2) is 7.20. The average Bonchev–Trinajstić information content (AvgIpc) is 2.38. The first-order valence-corrected chi connectivity index (χ1v) is 7.31. The molecular weight excluding hydrogens is 248 g/mol. The van der Waals surface area contributed by atoms with Crippen molar-refractivity contribution >= 4 is 23.5 Å². The van der Waals surface area contributed by atoms with Crippen LogP contribution in [0.15, 0.2) is 12.4 Å². The number of carbonyl (C=O) groups excluding carboxylic acids is 1. The maximum Gasteiger partial charge on any atom is 0.274 e. The molecular formula is C12H20N4OS. The molecule has 0 aliphatic heterocycles. The van der Waals surface area contributed by atoms with Crippen LogP contribution in [-0.2, 0) is 0 Å². The maximum absolute atomic E-state index is 12.2. The molecule has 0 aliphatic carbocycles. The molecule has 0 spiro atoms. The van der Waals surface area contributed by atoms with Crippen molar-refractivity contribution in [1.29, 1.82) is 0 Å². The van der Waals surface area contributed by atoms with E-state index in [1.165, 1.54) is 6.20 Å². The van der Waals surface area contributed by atoms with Gasteiger partial charge in [0.05, 0.1) is 12.4 Å². The monoisotopic (exact) mass is 268 g/mol. The van der Waals surface area contributed by atoms with Crippen LogP contribution < -0.4 is 5.32 Å². The van der Waals surface area contributed by atoms with Gasteiger partial charge in [-0.05, 0) is 20.1 Å². The van der Waals surface area contributed by atoms with Crippen molar-refractivity contribution in [2.24, 2.45) is 0 Å². The Balaban J connectivity index is 2.79. The van der Waals surface area contributed by atoms with Gasteiger partial charge in [-0.1, -0.05) is 0 Å². The molecule has 1 rings (SSSR count). The fraction of sp³-hybridized carbons (Fsp3) is 0.583. The number of hydrogen-bond donors (Lipinski definition) is 1. The third-order valence-electron chi connectivity index (χ3n) is 2.60. The van der Waals surface area contributed by atoms with E-state index in [2.05, 4.69) is 15.3 Å². The minimum atomic E-state index is -0.0937. The Bertz CT molecular complexity index is 399. The summed E-state index contributed by atoms with van der Waals surface area (Å²) >= 11 is 1.72. The summed E-state index contributed by atoms with van der Waals surface area (Å²) in [6, 6.07) is 0.178. The average molecular weight is 268 g/mol. The second-order valence-corrected chi connectivity index (χ2v) is 4.95. The van der Waals surface area contributed by atoms with E-state index in [1.54, 1.807) is 29.9 Å².